The van der Waals surface area contributed by atoms with Crippen LogP contribution < -0.4 is 0 Å². The van der Waals surface area contributed by atoms with Crippen LogP contribution in [0.15, 0.2) is 0 Å². The maximum atomic E-state index is 8.28. The van der Waals surface area contributed by atoms with Gasteiger partial charge in [0.05, 0.1) is 0 Å². The van der Waals surface area contributed by atoms with Gasteiger partial charge < -0.3 is 0 Å². The maximum absolute atomic E-state index is 8.28. The molecular weight excluding hydrogens is 568 g/mol. The first-order valence-electron chi connectivity index (χ1n) is 0.289. The zero-order chi connectivity index (χ0) is 2.00. The van der Waals surface area contributed by atoms with E-state index >= 15 is 0 Å². The van der Waals surface area contributed by atoms with Crippen LogP contribution in [0.1, 0.15) is 0 Å². The van der Waals surface area contributed by atoms with Crippen molar-refractivity contribution in [3.05, 3.63) is 0 Å². The molecule has 0 heterocycles. The van der Waals surface area contributed by atoms with Crippen molar-refractivity contribution in [2.24, 2.45) is 0 Å². The minimum absolute atomic E-state index is 0. The Morgan fingerprint density at radius 1 is 1.20 bits per heavy atom. The summed E-state index contributed by atoms with van der Waals surface area (Å²) in [7, 11) is 0. The zero-order valence-corrected chi connectivity index (χ0v) is 7.85. The van der Waals surface area contributed by atoms with Crippen LogP contribution in [0.2, 0.25) is 0 Å². The molecule has 0 N–H and O–H groups in total. The average molecular weight is 571 g/mol. The van der Waals surface area contributed by atoms with Gasteiger partial charge in [-0.25, -0.2) is 0 Å². The third kappa shape index (κ3) is 18.9. The summed E-state index contributed by atoms with van der Waals surface area (Å²) < 4.78 is 8.28. The van der Waals surface area contributed by atoms with Crippen molar-refractivity contribution < 1.29 is 45.0 Å². The average Bonchev–Trinajstić information content (AvgIpc) is 1.00. The predicted molar refractivity (Wildman–Crippen MR) is 16.4 cm³/mol. The van der Waals surface area contributed by atoms with E-state index in [-0.39, 0.29) is 90.1 Å². The van der Waals surface area contributed by atoms with Gasteiger partial charge in [-0.05, 0) is 0 Å². The molecular formula is H3AlBaIrOPt. The molecule has 0 saturated carbocycles. The molecule has 5 heavy (non-hydrogen) atoms. The Balaban J connectivity index is -0.00000000167. The van der Waals surface area contributed by atoms with Crippen molar-refractivity contribution in [2.75, 3.05) is 0 Å². The van der Waals surface area contributed by atoms with E-state index in [1.807, 2.05) is 0 Å². The van der Waals surface area contributed by atoms with Crippen LogP contribution in [0.4, 0.5) is 0 Å². The van der Waals surface area contributed by atoms with Gasteiger partial charge in [0.25, 0.3) is 0 Å². The molecule has 0 aliphatic rings. The molecule has 5 heteroatoms. The summed E-state index contributed by atoms with van der Waals surface area (Å²) in [6, 6.07) is 0. The molecule has 0 aromatic heterocycles. The van der Waals surface area contributed by atoms with Gasteiger partial charge in [0.15, 0.2) is 0 Å². The van der Waals surface area contributed by atoms with Crippen molar-refractivity contribution in [2.45, 2.75) is 0 Å². The topological polar surface area (TPSA) is 17.1 Å². The summed E-state index contributed by atoms with van der Waals surface area (Å²) in [6.45, 7) is 0. The van der Waals surface area contributed by atoms with E-state index in [1.165, 1.54) is 0 Å². The maximum Gasteiger partial charge on any atom is 0 e. The molecule has 0 aliphatic carbocycles. The first-order chi connectivity index (χ1) is 1.00. The summed E-state index contributed by atoms with van der Waals surface area (Å²) in [5.41, 5.74) is 0. The second-order valence-electron chi connectivity index (χ2n) is 0. The fourth-order valence-corrected chi connectivity index (χ4v) is 0. The van der Waals surface area contributed by atoms with Crippen molar-refractivity contribution in [1.29, 1.82) is 0 Å². The molecule has 0 unspecified atom stereocenters. The van der Waals surface area contributed by atoms with Crippen LogP contribution in [0.5, 0.6) is 0 Å². The van der Waals surface area contributed by atoms with E-state index in [9.17, 15) is 0 Å². The fraction of sp³-hybridized carbons (Fsp3) is 0. The van der Waals surface area contributed by atoms with Crippen LogP contribution in [-0.2, 0) is 45.0 Å². The molecule has 0 rings (SSSR count). The van der Waals surface area contributed by atoms with E-state index in [1.54, 1.807) is 0 Å². The number of rotatable bonds is 0. The molecule has 1 radical (unpaired) electrons. The van der Waals surface area contributed by atoms with Crippen LogP contribution in [-0.4, -0.2) is 65.1 Å². The summed E-state index contributed by atoms with van der Waals surface area (Å²) in [4.78, 5) is 0. The minimum Gasteiger partial charge on any atom is 0 e. The monoisotopic (exact) mass is 572 g/mol. The second kappa shape index (κ2) is 26.8. The normalized spacial score (nSPS) is 0.600. The molecule has 0 saturated heterocycles. The van der Waals surface area contributed by atoms with Crippen LogP contribution >= 0.6 is 0 Å². The van der Waals surface area contributed by atoms with E-state index < -0.39 is 0 Å². The molecule has 0 aromatic rings. The third-order valence-corrected chi connectivity index (χ3v) is 0. The molecule has 0 fully saturated rings. The fourth-order valence-electron chi connectivity index (χ4n) is 0. The van der Waals surface area contributed by atoms with Crippen LogP contribution in [0, 0.1) is 0 Å². The van der Waals surface area contributed by atoms with Gasteiger partial charge in [0, 0.05) is 41.2 Å². The van der Waals surface area contributed by atoms with Gasteiger partial charge in [-0.2, -0.15) is 0 Å². The molecule has 0 atom stereocenters. The Morgan fingerprint density at radius 2 is 1.20 bits per heavy atom. The molecule has 0 aromatic carbocycles. The van der Waals surface area contributed by atoms with Gasteiger partial charge in [-0.1, -0.05) is 0 Å². The molecule has 33 valence electrons. The Labute approximate surface area is 107 Å². The van der Waals surface area contributed by atoms with E-state index in [2.05, 4.69) is 0 Å². The van der Waals surface area contributed by atoms with Crippen molar-refractivity contribution in [3.8, 4) is 0 Å². The van der Waals surface area contributed by atoms with Crippen molar-refractivity contribution in [3.63, 3.8) is 0 Å². The first-order valence-corrected chi connectivity index (χ1v) is 0.866. The van der Waals surface area contributed by atoms with Gasteiger partial charge in [0.1, 0.15) is 0 Å². The first kappa shape index (κ1) is 24.0. The van der Waals surface area contributed by atoms with E-state index in [4.69, 9.17) is 3.80 Å². The SMILES string of the molecule is [BaH2].[Ir].[O]=[AlH].[Pt]. The second-order valence-corrected chi connectivity index (χ2v) is 0. The van der Waals surface area contributed by atoms with Gasteiger partial charge >= 0.3 is 68.9 Å². The van der Waals surface area contributed by atoms with Gasteiger partial charge in [-0.3, -0.25) is 0 Å². The quantitative estimate of drug-likeness (QED) is 0.318. The Kier molecular flexibility index (Phi) is 129. The standard InChI is InChI=1S/Al.Ba.Ir.O.Pt.3H. The van der Waals surface area contributed by atoms with E-state index in [0.29, 0.717) is 16.2 Å². The summed E-state index contributed by atoms with van der Waals surface area (Å²) in [5, 5.41) is 0. The molecule has 0 spiro atoms. The Morgan fingerprint density at radius 3 is 1.20 bits per heavy atom. The number of hydrogen-bond donors (Lipinski definition) is 0. The number of hydrogen-bond acceptors (Lipinski definition) is 1. The molecule has 0 bridgehead atoms. The molecule has 0 aliphatic heterocycles. The van der Waals surface area contributed by atoms with Crippen LogP contribution in [0.3, 0.4) is 0 Å². The summed E-state index contributed by atoms with van der Waals surface area (Å²) >= 11 is 0.611. The van der Waals surface area contributed by atoms with Crippen molar-refractivity contribution >= 4 is 65.1 Å². The Hall–Kier alpha value is 3.24. The van der Waals surface area contributed by atoms with Crippen molar-refractivity contribution in [1.82, 2.24) is 0 Å². The summed E-state index contributed by atoms with van der Waals surface area (Å²) in [5.74, 6) is 0. The third-order valence-electron chi connectivity index (χ3n) is 0. The summed E-state index contributed by atoms with van der Waals surface area (Å²) in [6.07, 6.45) is 0. The molecule has 0 amide bonds. The Bertz CT molecular complexity index is 11.6. The predicted octanol–water partition coefficient (Wildman–Crippen LogP) is -1.69. The van der Waals surface area contributed by atoms with Gasteiger partial charge in [0.2, 0.25) is 0 Å². The minimum atomic E-state index is 0. The van der Waals surface area contributed by atoms with Gasteiger partial charge in [-0.15, -0.1) is 0 Å². The molecule has 1 nitrogen and oxygen atoms in total. The smallest absolute Gasteiger partial charge is 0 e. The van der Waals surface area contributed by atoms with E-state index in [0.717, 1.165) is 0 Å². The zero-order valence-electron chi connectivity index (χ0n) is 1.76. The van der Waals surface area contributed by atoms with Crippen LogP contribution in [0.25, 0.3) is 0 Å². The largest absolute Gasteiger partial charge is 0 e.